The monoisotopic (exact) mass is 381 g/mol. The number of para-hydroxylation sites is 1. The van der Waals surface area contributed by atoms with E-state index in [0.29, 0.717) is 6.54 Å². The standard InChI is InChI=1S/C20H31N3O2.ClH/c1-5-23(19(25)16-11-6-7-12-20(16,4)21)13-17(24)22-18-14(2)9-8-10-15(18)3;/h8-10,16H,5-7,11-13,21H2,1-4H3,(H,22,24);1H. The number of nitrogens with one attached hydrogen (secondary N) is 1. The summed E-state index contributed by atoms with van der Waals surface area (Å²) in [6.07, 6.45) is 3.75. The summed E-state index contributed by atoms with van der Waals surface area (Å²) in [5.41, 5.74) is 8.75. The van der Waals surface area contributed by atoms with Crippen molar-refractivity contribution in [3.05, 3.63) is 29.3 Å². The van der Waals surface area contributed by atoms with Crippen molar-refractivity contribution in [1.82, 2.24) is 4.90 Å². The normalized spacial score (nSPS) is 22.3. The number of carbonyl (C=O) groups excluding carboxylic acids is 2. The van der Waals surface area contributed by atoms with Crippen LogP contribution in [0.2, 0.25) is 0 Å². The number of anilines is 1. The molecule has 1 aliphatic rings. The Morgan fingerprint density at radius 3 is 2.42 bits per heavy atom. The van der Waals surface area contributed by atoms with Crippen molar-refractivity contribution < 1.29 is 9.59 Å². The van der Waals surface area contributed by atoms with E-state index in [1.54, 1.807) is 4.90 Å². The van der Waals surface area contributed by atoms with Gasteiger partial charge in [-0.1, -0.05) is 31.0 Å². The van der Waals surface area contributed by atoms with Crippen LogP contribution in [-0.2, 0) is 9.59 Å². The van der Waals surface area contributed by atoms with Gasteiger partial charge in [0, 0.05) is 17.8 Å². The predicted molar refractivity (Wildman–Crippen MR) is 109 cm³/mol. The summed E-state index contributed by atoms with van der Waals surface area (Å²) < 4.78 is 0. The van der Waals surface area contributed by atoms with Crippen molar-refractivity contribution in [2.45, 2.75) is 58.9 Å². The third kappa shape index (κ3) is 5.21. The molecule has 26 heavy (non-hydrogen) atoms. The number of carbonyl (C=O) groups is 2. The second-order valence-corrected chi connectivity index (χ2v) is 7.47. The van der Waals surface area contributed by atoms with Crippen LogP contribution in [-0.4, -0.2) is 35.3 Å². The topological polar surface area (TPSA) is 75.4 Å². The van der Waals surface area contributed by atoms with Gasteiger partial charge in [-0.3, -0.25) is 9.59 Å². The maximum atomic E-state index is 12.9. The summed E-state index contributed by atoms with van der Waals surface area (Å²) >= 11 is 0. The van der Waals surface area contributed by atoms with Crippen LogP contribution in [0.25, 0.3) is 0 Å². The number of benzene rings is 1. The first-order valence-corrected chi connectivity index (χ1v) is 9.20. The van der Waals surface area contributed by atoms with E-state index in [2.05, 4.69) is 5.32 Å². The highest BCUT2D eigenvalue weighted by Gasteiger charge is 2.39. The van der Waals surface area contributed by atoms with Crippen molar-refractivity contribution in [3.63, 3.8) is 0 Å². The van der Waals surface area contributed by atoms with Crippen LogP contribution in [0.4, 0.5) is 5.69 Å². The zero-order chi connectivity index (χ0) is 18.6. The molecule has 2 amide bonds. The number of hydrogen-bond acceptors (Lipinski definition) is 3. The molecule has 6 heteroatoms. The quantitative estimate of drug-likeness (QED) is 0.820. The lowest BCUT2D eigenvalue weighted by molar-refractivity contribution is -0.141. The summed E-state index contributed by atoms with van der Waals surface area (Å²) in [6, 6.07) is 5.90. The van der Waals surface area contributed by atoms with Crippen LogP contribution in [0.3, 0.4) is 0 Å². The molecule has 0 saturated heterocycles. The summed E-state index contributed by atoms with van der Waals surface area (Å²) in [5.74, 6) is -0.361. The molecule has 1 aliphatic carbocycles. The molecule has 0 spiro atoms. The lowest BCUT2D eigenvalue weighted by atomic mass is 9.74. The number of hydrogen-bond donors (Lipinski definition) is 2. The Bertz CT molecular complexity index is 626. The van der Waals surface area contributed by atoms with Gasteiger partial charge >= 0.3 is 0 Å². The van der Waals surface area contributed by atoms with Crippen LogP contribution < -0.4 is 11.1 Å². The molecule has 2 unspecified atom stereocenters. The average molecular weight is 382 g/mol. The fraction of sp³-hybridized carbons (Fsp3) is 0.600. The average Bonchev–Trinajstić information content (AvgIpc) is 2.55. The Hall–Kier alpha value is -1.59. The number of rotatable bonds is 5. The van der Waals surface area contributed by atoms with E-state index in [0.717, 1.165) is 42.5 Å². The van der Waals surface area contributed by atoms with E-state index in [-0.39, 0.29) is 36.7 Å². The Morgan fingerprint density at radius 1 is 1.27 bits per heavy atom. The van der Waals surface area contributed by atoms with Crippen LogP contribution in [0, 0.1) is 19.8 Å². The zero-order valence-electron chi connectivity index (χ0n) is 16.3. The van der Waals surface area contributed by atoms with Gasteiger partial charge in [-0.15, -0.1) is 12.4 Å². The molecular formula is C20H32ClN3O2. The molecule has 0 aliphatic heterocycles. The summed E-state index contributed by atoms with van der Waals surface area (Å²) in [7, 11) is 0. The zero-order valence-corrected chi connectivity index (χ0v) is 17.1. The Morgan fingerprint density at radius 2 is 1.88 bits per heavy atom. The van der Waals surface area contributed by atoms with Crippen LogP contribution in [0.5, 0.6) is 0 Å². The van der Waals surface area contributed by atoms with E-state index < -0.39 is 5.54 Å². The molecule has 3 N–H and O–H groups in total. The second-order valence-electron chi connectivity index (χ2n) is 7.47. The lowest BCUT2D eigenvalue weighted by Crippen LogP contribution is -2.54. The van der Waals surface area contributed by atoms with E-state index in [1.165, 1.54) is 0 Å². The highest BCUT2D eigenvalue weighted by molar-refractivity contribution is 5.96. The van der Waals surface area contributed by atoms with Gasteiger partial charge in [0.05, 0.1) is 12.5 Å². The molecule has 1 aromatic carbocycles. The maximum absolute atomic E-state index is 12.9. The highest BCUT2D eigenvalue weighted by Crippen LogP contribution is 2.33. The minimum absolute atomic E-state index is 0. The molecule has 0 radical (unpaired) electrons. The molecule has 2 rings (SSSR count). The number of nitrogens with two attached hydrogens (primary N) is 1. The number of nitrogens with zero attached hydrogens (tertiary/aromatic N) is 1. The third-order valence-electron chi connectivity index (χ3n) is 5.33. The fourth-order valence-corrected chi connectivity index (χ4v) is 3.69. The molecule has 2 atom stereocenters. The Labute approximate surface area is 163 Å². The number of aryl methyl sites for hydroxylation is 2. The minimum atomic E-state index is -0.480. The molecule has 1 saturated carbocycles. The lowest BCUT2D eigenvalue weighted by Gasteiger charge is -2.39. The number of likely N-dealkylation sites (N-methyl/N-ethyl adjacent to an activating group) is 1. The summed E-state index contributed by atoms with van der Waals surface area (Å²) in [5, 5.41) is 2.96. The van der Waals surface area contributed by atoms with Crippen LogP contribution >= 0.6 is 12.4 Å². The minimum Gasteiger partial charge on any atom is -0.333 e. The summed E-state index contributed by atoms with van der Waals surface area (Å²) in [4.78, 5) is 27.1. The van der Waals surface area contributed by atoms with E-state index in [4.69, 9.17) is 5.73 Å². The molecule has 0 bridgehead atoms. The molecule has 0 aromatic heterocycles. The molecule has 146 valence electrons. The molecule has 5 nitrogen and oxygen atoms in total. The largest absolute Gasteiger partial charge is 0.333 e. The molecule has 1 aromatic rings. The van der Waals surface area contributed by atoms with E-state index in [9.17, 15) is 9.59 Å². The van der Waals surface area contributed by atoms with E-state index in [1.807, 2.05) is 45.9 Å². The van der Waals surface area contributed by atoms with Crippen LogP contribution in [0.1, 0.15) is 50.7 Å². The Balaban J connectivity index is 0.00000338. The van der Waals surface area contributed by atoms with Crippen molar-refractivity contribution in [1.29, 1.82) is 0 Å². The third-order valence-corrected chi connectivity index (χ3v) is 5.33. The Kier molecular flexibility index (Phi) is 8.10. The van der Waals surface area contributed by atoms with Gasteiger partial charge < -0.3 is 16.0 Å². The van der Waals surface area contributed by atoms with Crippen molar-refractivity contribution in [3.8, 4) is 0 Å². The second kappa shape index (κ2) is 9.38. The van der Waals surface area contributed by atoms with Crippen molar-refractivity contribution in [2.24, 2.45) is 11.7 Å². The van der Waals surface area contributed by atoms with Gasteiger partial charge in [0.25, 0.3) is 0 Å². The maximum Gasteiger partial charge on any atom is 0.244 e. The predicted octanol–water partition coefficient (Wildman–Crippen LogP) is 3.42. The summed E-state index contributed by atoms with van der Waals surface area (Å²) in [6.45, 7) is 8.36. The van der Waals surface area contributed by atoms with E-state index >= 15 is 0 Å². The number of amides is 2. The van der Waals surface area contributed by atoms with Crippen LogP contribution in [0.15, 0.2) is 18.2 Å². The highest BCUT2D eigenvalue weighted by atomic mass is 35.5. The molecule has 1 fully saturated rings. The fourth-order valence-electron chi connectivity index (χ4n) is 3.69. The SMILES string of the molecule is CCN(CC(=O)Nc1c(C)cccc1C)C(=O)C1CCCCC1(C)N.Cl. The van der Waals surface area contributed by atoms with Gasteiger partial charge in [0.2, 0.25) is 11.8 Å². The van der Waals surface area contributed by atoms with Gasteiger partial charge in [-0.2, -0.15) is 0 Å². The molecule has 0 heterocycles. The van der Waals surface area contributed by atoms with Gasteiger partial charge in [-0.25, -0.2) is 0 Å². The smallest absolute Gasteiger partial charge is 0.244 e. The van der Waals surface area contributed by atoms with Crippen molar-refractivity contribution in [2.75, 3.05) is 18.4 Å². The van der Waals surface area contributed by atoms with Gasteiger partial charge in [0.15, 0.2) is 0 Å². The molecular weight excluding hydrogens is 350 g/mol. The first-order valence-electron chi connectivity index (χ1n) is 9.20. The first kappa shape index (κ1) is 22.5. The van der Waals surface area contributed by atoms with Crippen molar-refractivity contribution >= 4 is 29.9 Å². The van der Waals surface area contributed by atoms with Gasteiger partial charge in [-0.05, 0) is 51.7 Å². The van der Waals surface area contributed by atoms with Gasteiger partial charge in [0.1, 0.15) is 0 Å². The number of halogens is 1. The first-order chi connectivity index (χ1) is 11.8.